The van der Waals surface area contributed by atoms with Crippen LogP contribution in [0, 0.1) is 0 Å². The van der Waals surface area contributed by atoms with Gasteiger partial charge in [0.15, 0.2) is 0 Å². The maximum Gasteiger partial charge on any atom is 0.0640 e. The summed E-state index contributed by atoms with van der Waals surface area (Å²) >= 11 is 7.54. The maximum absolute atomic E-state index is 2.44. The third-order valence-electron chi connectivity index (χ3n) is 12.8. The smallest absolute Gasteiger partial charge is 0.0640 e. The minimum atomic E-state index is 1.15. The SMILES string of the molecule is c1ccc(N(c2ccc3c(c2)sc2cc4cc5sc6cc(N(c7ccccc7)c7cccc8c7sc7ccccc78)ccc6c5cc4cc23)c2cccc3c2sc2ccccc23)cc1. The first-order valence-corrected chi connectivity index (χ1v) is 24.7. The number of fused-ring (bicyclic) bond motifs is 13. The molecule has 0 atom stereocenters. The molecule has 0 aliphatic rings. The second-order valence-electron chi connectivity index (χ2n) is 16.5. The van der Waals surface area contributed by atoms with Crippen molar-refractivity contribution < 1.29 is 0 Å². The van der Waals surface area contributed by atoms with Crippen molar-refractivity contribution >= 4 is 171 Å². The van der Waals surface area contributed by atoms with Crippen molar-refractivity contribution in [2.24, 2.45) is 0 Å². The van der Waals surface area contributed by atoms with Crippen LogP contribution < -0.4 is 9.80 Å². The van der Waals surface area contributed by atoms with Crippen LogP contribution in [0.2, 0.25) is 0 Å². The molecule has 0 amide bonds. The van der Waals surface area contributed by atoms with Crippen molar-refractivity contribution in [2.75, 3.05) is 9.80 Å². The van der Waals surface area contributed by atoms with Crippen molar-refractivity contribution in [1.29, 1.82) is 0 Å². The number of thiophene rings is 4. The fourth-order valence-corrected chi connectivity index (χ4v) is 14.6. The van der Waals surface area contributed by atoms with Gasteiger partial charge in [0.2, 0.25) is 0 Å². The van der Waals surface area contributed by atoms with Gasteiger partial charge in [-0.25, -0.2) is 0 Å². The van der Waals surface area contributed by atoms with Gasteiger partial charge in [-0.1, -0.05) is 109 Å². The molecule has 0 unspecified atom stereocenters. The van der Waals surface area contributed by atoms with Crippen LogP contribution in [0.5, 0.6) is 0 Å². The molecule has 0 aliphatic carbocycles. The van der Waals surface area contributed by atoms with Crippen molar-refractivity contribution in [3.63, 3.8) is 0 Å². The van der Waals surface area contributed by atoms with Gasteiger partial charge in [-0.15, -0.1) is 45.3 Å². The summed E-state index contributed by atoms with van der Waals surface area (Å²) in [6.45, 7) is 0. The van der Waals surface area contributed by atoms with E-state index in [1.807, 2.05) is 45.3 Å². The number of para-hydroxylation sites is 2. The summed E-state index contributed by atoms with van der Waals surface area (Å²) in [5.74, 6) is 0. The average Bonchev–Trinajstić information content (AvgIpc) is 4.11. The van der Waals surface area contributed by atoms with Gasteiger partial charge in [0, 0.05) is 94.0 Å². The van der Waals surface area contributed by atoms with Gasteiger partial charge in [-0.3, -0.25) is 0 Å². The number of rotatable bonds is 6. The van der Waals surface area contributed by atoms with E-state index in [1.54, 1.807) is 0 Å². The molecule has 0 N–H and O–H groups in total. The summed E-state index contributed by atoms with van der Waals surface area (Å²) in [4.78, 5) is 4.87. The maximum atomic E-state index is 2.44. The van der Waals surface area contributed by atoms with Gasteiger partial charge in [-0.05, 0) is 108 Å². The highest BCUT2D eigenvalue weighted by molar-refractivity contribution is 7.27. The van der Waals surface area contributed by atoms with E-state index in [0.29, 0.717) is 0 Å². The van der Waals surface area contributed by atoms with Gasteiger partial charge < -0.3 is 9.80 Å². The molecule has 0 aliphatic heterocycles. The second kappa shape index (κ2) is 14.2. The van der Waals surface area contributed by atoms with Gasteiger partial charge in [0.1, 0.15) is 0 Å². The zero-order valence-electron chi connectivity index (χ0n) is 34.2. The minimum Gasteiger partial charge on any atom is -0.309 e. The zero-order valence-corrected chi connectivity index (χ0v) is 37.4. The molecular formula is C58H34N2S4. The molecule has 4 aromatic heterocycles. The third-order valence-corrected chi connectivity index (χ3v) is 17.4. The summed E-state index contributed by atoms with van der Waals surface area (Å²) in [7, 11) is 0. The van der Waals surface area contributed by atoms with E-state index in [4.69, 9.17) is 0 Å². The number of anilines is 6. The molecule has 0 fully saturated rings. The van der Waals surface area contributed by atoms with Crippen LogP contribution in [-0.2, 0) is 0 Å². The Morgan fingerprint density at radius 3 is 1.11 bits per heavy atom. The standard InChI is InChI=1S/C58H34N2S4/c1-3-13-37(14-4-1)59(49-21-11-19-45-41-17-7-9-23-51(41)63-57(45)49)39-25-27-43-47-29-35-30-48-44-28-26-40(34-56(44)62-54(48)32-36(35)31-53(47)61-55(43)33-39)60(38-15-5-2-6-16-38)50-22-12-20-46-42-18-8-10-24-52(42)64-58(46)50/h1-34H. The Morgan fingerprint density at radius 2 is 0.625 bits per heavy atom. The van der Waals surface area contributed by atoms with E-state index in [9.17, 15) is 0 Å². The van der Waals surface area contributed by atoms with Crippen LogP contribution in [0.15, 0.2) is 206 Å². The number of nitrogens with zero attached hydrogens (tertiary/aromatic N) is 2. The summed E-state index contributed by atoms with van der Waals surface area (Å²) in [6, 6.07) is 76.4. The first-order chi connectivity index (χ1) is 31.7. The summed E-state index contributed by atoms with van der Waals surface area (Å²) in [5, 5.41) is 13.0. The molecule has 14 aromatic rings. The molecule has 2 nitrogen and oxygen atoms in total. The first-order valence-electron chi connectivity index (χ1n) is 21.5. The van der Waals surface area contributed by atoms with Gasteiger partial charge in [0.25, 0.3) is 0 Å². The average molecular weight is 887 g/mol. The molecule has 300 valence electrons. The van der Waals surface area contributed by atoms with E-state index in [0.717, 1.165) is 22.7 Å². The molecule has 0 radical (unpaired) electrons. The minimum absolute atomic E-state index is 1.15. The Hall–Kier alpha value is -7.06. The van der Waals surface area contributed by atoms with Crippen molar-refractivity contribution in [1.82, 2.24) is 0 Å². The van der Waals surface area contributed by atoms with Crippen molar-refractivity contribution in [2.45, 2.75) is 0 Å². The van der Waals surface area contributed by atoms with Crippen LogP contribution >= 0.6 is 45.3 Å². The van der Waals surface area contributed by atoms with Gasteiger partial charge in [0.05, 0.1) is 20.8 Å². The fraction of sp³-hybridized carbons (Fsp3) is 0. The van der Waals surface area contributed by atoms with Crippen molar-refractivity contribution in [3.05, 3.63) is 206 Å². The molecule has 10 aromatic carbocycles. The van der Waals surface area contributed by atoms with Crippen LogP contribution in [0.3, 0.4) is 0 Å². The lowest BCUT2D eigenvalue weighted by atomic mass is 10.0. The lowest BCUT2D eigenvalue weighted by Gasteiger charge is -2.26. The Labute approximate surface area is 384 Å². The Bertz CT molecular complexity index is 3890. The molecule has 0 saturated heterocycles. The quantitative estimate of drug-likeness (QED) is 0.164. The lowest BCUT2D eigenvalue weighted by molar-refractivity contribution is 1.31. The van der Waals surface area contributed by atoms with E-state index in [-0.39, 0.29) is 0 Å². The molecule has 0 bridgehead atoms. The molecule has 4 heterocycles. The Morgan fingerprint density at radius 1 is 0.234 bits per heavy atom. The molecule has 0 saturated carbocycles. The summed E-state index contributed by atoms with van der Waals surface area (Å²) in [6.07, 6.45) is 0. The Kier molecular flexibility index (Phi) is 8.10. The first kappa shape index (κ1) is 36.4. The molecule has 0 spiro atoms. The third kappa shape index (κ3) is 5.60. The van der Waals surface area contributed by atoms with Gasteiger partial charge >= 0.3 is 0 Å². The predicted molar refractivity (Wildman–Crippen MR) is 285 cm³/mol. The van der Waals surface area contributed by atoms with Crippen LogP contribution in [0.4, 0.5) is 34.1 Å². The van der Waals surface area contributed by atoms with E-state index in [2.05, 4.69) is 216 Å². The highest BCUT2D eigenvalue weighted by Gasteiger charge is 2.21. The van der Waals surface area contributed by atoms with E-state index in [1.165, 1.54) is 103 Å². The van der Waals surface area contributed by atoms with Crippen LogP contribution in [-0.4, -0.2) is 0 Å². The van der Waals surface area contributed by atoms with Gasteiger partial charge in [-0.2, -0.15) is 0 Å². The molecular weight excluding hydrogens is 853 g/mol. The molecule has 14 rings (SSSR count). The highest BCUT2D eigenvalue weighted by Crippen LogP contribution is 2.49. The lowest BCUT2D eigenvalue weighted by Crippen LogP contribution is -2.09. The number of hydrogen-bond donors (Lipinski definition) is 0. The fourth-order valence-electron chi connectivity index (χ4n) is 9.87. The second-order valence-corrected chi connectivity index (χ2v) is 20.7. The van der Waals surface area contributed by atoms with Crippen LogP contribution in [0.1, 0.15) is 0 Å². The molecule has 6 heteroatoms. The van der Waals surface area contributed by atoms with E-state index >= 15 is 0 Å². The Balaban J connectivity index is 0.884. The summed E-state index contributed by atoms with van der Waals surface area (Å²) < 4.78 is 10.4. The van der Waals surface area contributed by atoms with E-state index < -0.39 is 0 Å². The number of benzene rings is 10. The van der Waals surface area contributed by atoms with Crippen molar-refractivity contribution in [3.8, 4) is 0 Å². The topological polar surface area (TPSA) is 6.48 Å². The monoisotopic (exact) mass is 886 g/mol. The van der Waals surface area contributed by atoms with Crippen LogP contribution in [0.25, 0.3) is 91.5 Å². The highest BCUT2D eigenvalue weighted by atomic mass is 32.1. The molecule has 64 heavy (non-hydrogen) atoms. The predicted octanol–water partition coefficient (Wildman–Crippen LogP) is 19.3. The summed E-state index contributed by atoms with van der Waals surface area (Å²) in [5.41, 5.74) is 7.04. The largest absolute Gasteiger partial charge is 0.309 e. The normalized spacial score (nSPS) is 12.1. The zero-order chi connectivity index (χ0) is 41.9. The number of hydrogen-bond acceptors (Lipinski definition) is 6.